The highest BCUT2D eigenvalue weighted by Gasteiger charge is 2.18. The lowest BCUT2D eigenvalue weighted by atomic mass is 10.0. The van der Waals surface area contributed by atoms with Crippen LogP contribution in [0.15, 0.2) is 34.6 Å². The number of hydrogen-bond acceptors (Lipinski definition) is 3. The number of allylic oxidation sites excluding steroid dienone is 2. The van der Waals surface area contributed by atoms with Crippen molar-refractivity contribution in [3.05, 3.63) is 34.6 Å². The number of pyridine rings is 1. The van der Waals surface area contributed by atoms with Gasteiger partial charge in [0.1, 0.15) is 5.82 Å². The van der Waals surface area contributed by atoms with Crippen molar-refractivity contribution in [1.29, 1.82) is 0 Å². The van der Waals surface area contributed by atoms with Crippen LogP contribution in [0, 0.1) is 0 Å². The number of carbonyl (C=O) groups excluding carboxylic acids is 1. The summed E-state index contributed by atoms with van der Waals surface area (Å²) in [5.74, 6) is 1.10. The van der Waals surface area contributed by atoms with Crippen molar-refractivity contribution in [3.8, 4) is 0 Å². The second-order valence-electron chi connectivity index (χ2n) is 4.01. The zero-order valence-electron chi connectivity index (χ0n) is 9.82. The van der Waals surface area contributed by atoms with Crippen LogP contribution < -0.4 is 4.90 Å². The molecule has 2 rings (SSSR count). The van der Waals surface area contributed by atoms with E-state index in [2.05, 4.69) is 32.7 Å². The maximum absolute atomic E-state index is 11.5. The Morgan fingerprint density at radius 3 is 2.94 bits per heavy atom. The summed E-state index contributed by atoms with van der Waals surface area (Å²) in [4.78, 5) is 17.9. The summed E-state index contributed by atoms with van der Waals surface area (Å²) >= 11 is 3.50. The molecular weight excluding hydrogens is 280 g/mol. The molecule has 0 aliphatic heterocycles. The Bertz CT molecular complexity index is 456. The second kappa shape index (κ2) is 5.45. The van der Waals surface area contributed by atoms with Gasteiger partial charge in [0.15, 0.2) is 5.78 Å². The van der Waals surface area contributed by atoms with Crippen LogP contribution in [0.5, 0.6) is 0 Å². The van der Waals surface area contributed by atoms with E-state index in [1.165, 1.54) is 0 Å². The van der Waals surface area contributed by atoms with Gasteiger partial charge in [-0.1, -0.05) is 0 Å². The van der Waals surface area contributed by atoms with Crippen LogP contribution in [0.3, 0.4) is 0 Å². The highest BCUT2D eigenvalue weighted by molar-refractivity contribution is 9.10. The predicted octanol–water partition coefficient (Wildman–Crippen LogP) is 3.31. The summed E-state index contributed by atoms with van der Waals surface area (Å²) in [5.41, 5.74) is 1.07. The van der Waals surface area contributed by atoms with Crippen LogP contribution in [0.1, 0.15) is 26.2 Å². The molecule has 1 aromatic heterocycles. The third kappa shape index (κ3) is 2.75. The number of carbonyl (C=O) groups is 1. The van der Waals surface area contributed by atoms with Crippen LogP contribution in [0.2, 0.25) is 0 Å². The summed E-state index contributed by atoms with van der Waals surface area (Å²) in [7, 11) is 0. The molecule has 0 bridgehead atoms. The molecule has 0 saturated carbocycles. The van der Waals surface area contributed by atoms with Crippen LogP contribution in [-0.4, -0.2) is 17.3 Å². The molecule has 0 saturated heterocycles. The molecule has 0 spiro atoms. The van der Waals surface area contributed by atoms with E-state index < -0.39 is 0 Å². The topological polar surface area (TPSA) is 33.2 Å². The fourth-order valence-electron chi connectivity index (χ4n) is 2.05. The number of nitrogens with zero attached hydrogens (tertiary/aromatic N) is 2. The molecular formula is C13H15BrN2O. The molecule has 3 nitrogen and oxygen atoms in total. The van der Waals surface area contributed by atoms with Gasteiger partial charge in [0.2, 0.25) is 0 Å². The first kappa shape index (κ1) is 12.3. The monoisotopic (exact) mass is 294 g/mol. The lowest BCUT2D eigenvalue weighted by molar-refractivity contribution is -0.115. The van der Waals surface area contributed by atoms with Crippen molar-refractivity contribution < 1.29 is 4.79 Å². The molecule has 90 valence electrons. The summed E-state index contributed by atoms with van der Waals surface area (Å²) < 4.78 is 0.959. The van der Waals surface area contributed by atoms with E-state index in [0.717, 1.165) is 35.4 Å². The zero-order chi connectivity index (χ0) is 12.3. The molecule has 0 amide bonds. The average Bonchev–Trinajstić information content (AvgIpc) is 2.33. The number of ketones is 1. The average molecular weight is 295 g/mol. The van der Waals surface area contributed by atoms with Gasteiger partial charge in [0.25, 0.3) is 0 Å². The first-order valence-corrected chi connectivity index (χ1v) is 6.63. The maximum atomic E-state index is 11.5. The van der Waals surface area contributed by atoms with E-state index in [0.29, 0.717) is 6.42 Å². The van der Waals surface area contributed by atoms with E-state index in [4.69, 9.17) is 0 Å². The number of aromatic nitrogens is 1. The van der Waals surface area contributed by atoms with Crippen molar-refractivity contribution in [1.82, 2.24) is 4.98 Å². The standard InChI is InChI=1S/C13H15BrN2O/c1-2-16(10-5-3-6-11(17)9-10)13-12(14)7-4-8-15-13/h4,7-9H,2-3,5-6H2,1H3. The molecule has 1 aliphatic rings. The number of hydrogen-bond donors (Lipinski definition) is 0. The highest BCUT2D eigenvalue weighted by Crippen LogP contribution is 2.29. The van der Waals surface area contributed by atoms with E-state index in [1.54, 1.807) is 12.3 Å². The smallest absolute Gasteiger partial charge is 0.157 e. The Hall–Kier alpha value is -1.16. The van der Waals surface area contributed by atoms with E-state index >= 15 is 0 Å². The molecule has 0 N–H and O–H groups in total. The second-order valence-corrected chi connectivity index (χ2v) is 4.86. The Labute approximate surface area is 110 Å². The zero-order valence-corrected chi connectivity index (χ0v) is 11.4. The van der Waals surface area contributed by atoms with E-state index in [-0.39, 0.29) is 5.78 Å². The van der Waals surface area contributed by atoms with Gasteiger partial charge in [-0.25, -0.2) is 4.98 Å². The fourth-order valence-corrected chi connectivity index (χ4v) is 2.52. The minimum absolute atomic E-state index is 0.219. The van der Waals surface area contributed by atoms with Gasteiger partial charge < -0.3 is 4.90 Å². The minimum atomic E-state index is 0.219. The molecule has 0 fully saturated rings. The normalized spacial score (nSPS) is 15.6. The van der Waals surface area contributed by atoms with Crippen molar-refractivity contribution >= 4 is 27.5 Å². The lowest BCUT2D eigenvalue weighted by Crippen LogP contribution is -2.26. The predicted molar refractivity (Wildman–Crippen MR) is 71.9 cm³/mol. The van der Waals surface area contributed by atoms with Gasteiger partial charge in [0.05, 0.1) is 4.47 Å². The van der Waals surface area contributed by atoms with E-state index in [1.807, 2.05) is 12.1 Å². The first-order chi connectivity index (χ1) is 8.22. The van der Waals surface area contributed by atoms with Gasteiger partial charge in [0, 0.05) is 30.9 Å². The van der Waals surface area contributed by atoms with Crippen molar-refractivity contribution in [2.45, 2.75) is 26.2 Å². The molecule has 1 aliphatic carbocycles. The molecule has 1 heterocycles. The third-order valence-electron chi connectivity index (χ3n) is 2.84. The minimum Gasteiger partial charge on any atom is -0.329 e. The van der Waals surface area contributed by atoms with Gasteiger partial charge in [-0.3, -0.25) is 4.79 Å². The fraction of sp³-hybridized carbons (Fsp3) is 0.385. The summed E-state index contributed by atoms with van der Waals surface area (Å²) in [6.07, 6.45) is 6.08. The highest BCUT2D eigenvalue weighted by atomic mass is 79.9. The van der Waals surface area contributed by atoms with Gasteiger partial charge >= 0.3 is 0 Å². The van der Waals surface area contributed by atoms with Crippen LogP contribution in [0.4, 0.5) is 5.82 Å². The van der Waals surface area contributed by atoms with Crippen molar-refractivity contribution in [2.75, 3.05) is 11.4 Å². The summed E-state index contributed by atoms with van der Waals surface area (Å²) in [5, 5.41) is 0. The molecule has 1 aromatic rings. The molecule has 0 radical (unpaired) electrons. The first-order valence-electron chi connectivity index (χ1n) is 5.84. The molecule has 0 unspecified atom stereocenters. The molecule has 0 atom stereocenters. The third-order valence-corrected chi connectivity index (χ3v) is 3.46. The Morgan fingerprint density at radius 2 is 2.29 bits per heavy atom. The summed E-state index contributed by atoms with van der Waals surface area (Å²) in [6, 6.07) is 3.86. The summed E-state index contributed by atoms with van der Waals surface area (Å²) in [6.45, 7) is 2.88. The molecule has 17 heavy (non-hydrogen) atoms. The largest absolute Gasteiger partial charge is 0.329 e. The van der Waals surface area contributed by atoms with Crippen LogP contribution in [0.25, 0.3) is 0 Å². The number of halogens is 1. The van der Waals surface area contributed by atoms with E-state index in [9.17, 15) is 4.79 Å². The van der Waals surface area contributed by atoms with Gasteiger partial charge in [-0.05, 0) is 47.8 Å². The quantitative estimate of drug-likeness (QED) is 0.857. The van der Waals surface area contributed by atoms with Gasteiger partial charge in [-0.15, -0.1) is 0 Å². The number of anilines is 1. The Balaban J connectivity index is 2.34. The Kier molecular flexibility index (Phi) is 3.94. The van der Waals surface area contributed by atoms with Crippen LogP contribution >= 0.6 is 15.9 Å². The SMILES string of the molecule is CCN(C1=CC(=O)CCC1)c1ncccc1Br. The van der Waals surface area contributed by atoms with Crippen LogP contribution in [-0.2, 0) is 4.79 Å². The molecule has 0 aromatic carbocycles. The number of rotatable bonds is 3. The van der Waals surface area contributed by atoms with Gasteiger partial charge in [-0.2, -0.15) is 0 Å². The van der Waals surface area contributed by atoms with Crippen molar-refractivity contribution in [2.24, 2.45) is 0 Å². The maximum Gasteiger partial charge on any atom is 0.157 e. The Morgan fingerprint density at radius 1 is 1.47 bits per heavy atom. The lowest BCUT2D eigenvalue weighted by Gasteiger charge is -2.27. The van der Waals surface area contributed by atoms with Crippen molar-refractivity contribution in [3.63, 3.8) is 0 Å². The molecule has 4 heteroatoms.